The maximum Gasteiger partial charge on any atom is 0.347 e. The second kappa shape index (κ2) is 7.53. The highest BCUT2D eigenvalue weighted by molar-refractivity contribution is 7.54. The van der Waals surface area contributed by atoms with Gasteiger partial charge in [-0.05, 0) is 18.1 Å². The fourth-order valence-corrected chi connectivity index (χ4v) is 2.95. The van der Waals surface area contributed by atoms with Gasteiger partial charge in [0.25, 0.3) is 0 Å². The van der Waals surface area contributed by atoms with Gasteiger partial charge in [-0.1, -0.05) is 60.7 Å². The van der Waals surface area contributed by atoms with Gasteiger partial charge in [0.05, 0.1) is 13.2 Å². The summed E-state index contributed by atoms with van der Waals surface area (Å²) in [7, 11) is -3.34. The molecule has 0 aliphatic rings. The summed E-state index contributed by atoms with van der Waals surface area (Å²) in [5.74, 6) is -0.676. The fourth-order valence-electron chi connectivity index (χ4n) is 1.75. The summed E-state index contributed by atoms with van der Waals surface area (Å²) < 4.78 is 23.7. The van der Waals surface area contributed by atoms with Crippen LogP contribution in [0, 0.1) is 0 Å². The molecule has 21 heavy (non-hydrogen) atoms. The van der Waals surface area contributed by atoms with Crippen LogP contribution in [-0.4, -0.2) is 5.78 Å². The van der Waals surface area contributed by atoms with Gasteiger partial charge in [0, 0.05) is 0 Å². The van der Waals surface area contributed by atoms with Gasteiger partial charge < -0.3 is 14.8 Å². The van der Waals surface area contributed by atoms with E-state index in [1.165, 1.54) is 0 Å². The molecule has 0 amide bonds. The minimum Gasteiger partial charge on any atom is -0.318 e. The Hall–Kier alpha value is -1.45. The van der Waals surface area contributed by atoms with Crippen LogP contribution in [0.25, 0.3) is 0 Å². The van der Waals surface area contributed by atoms with E-state index in [0.29, 0.717) is 0 Å². The highest BCUT2D eigenvalue weighted by Crippen LogP contribution is 2.52. The Balaban J connectivity index is 1.98. The van der Waals surface area contributed by atoms with Crippen molar-refractivity contribution in [2.45, 2.75) is 25.9 Å². The fraction of sp³-hybridized carbons (Fsp3) is 0.250. The lowest BCUT2D eigenvalue weighted by atomic mass is 10.2. The predicted octanol–water partition coefficient (Wildman–Crippen LogP) is 3.92. The summed E-state index contributed by atoms with van der Waals surface area (Å²) >= 11 is 0. The van der Waals surface area contributed by atoms with Crippen LogP contribution in [0.5, 0.6) is 0 Å². The third-order valence-electron chi connectivity index (χ3n) is 3.01. The first-order chi connectivity index (χ1) is 10.1. The molecule has 0 bridgehead atoms. The summed E-state index contributed by atoms with van der Waals surface area (Å²) in [6.45, 7) is 2.07. The van der Waals surface area contributed by atoms with E-state index in [1.807, 2.05) is 60.7 Å². The second-order valence-corrected chi connectivity index (χ2v) is 7.21. The molecule has 2 aromatic rings. The average molecular weight is 305 g/mol. The van der Waals surface area contributed by atoms with Crippen molar-refractivity contribution in [3.05, 3.63) is 71.8 Å². The number of rotatable bonds is 7. The molecule has 0 fully saturated rings. The van der Waals surface area contributed by atoms with Crippen molar-refractivity contribution in [3.63, 3.8) is 0 Å². The topological polar surface area (TPSA) is 61.6 Å². The minimum atomic E-state index is -3.34. The molecule has 5 heteroatoms. The van der Waals surface area contributed by atoms with Crippen molar-refractivity contribution in [1.29, 1.82) is 0 Å². The smallest absolute Gasteiger partial charge is 0.318 e. The molecular formula is C16H20NO3P. The molecule has 0 aliphatic carbocycles. The van der Waals surface area contributed by atoms with Gasteiger partial charge in [-0.25, -0.2) is 0 Å². The molecule has 112 valence electrons. The number of benzene rings is 2. The van der Waals surface area contributed by atoms with Gasteiger partial charge in [-0.15, -0.1) is 0 Å². The van der Waals surface area contributed by atoms with Crippen molar-refractivity contribution < 1.29 is 13.6 Å². The van der Waals surface area contributed by atoms with Crippen LogP contribution in [0.3, 0.4) is 0 Å². The van der Waals surface area contributed by atoms with Gasteiger partial charge in [0.1, 0.15) is 5.78 Å². The van der Waals surface area contributed by atoms with E-state index >= 15 is 0 Å². The molecule has 2 aromatic carbocycles. The first kappa shape index (κ1) is 15.9. The lowest BCUT2D eigenvalue weighted by Gasteiger charge is -2.21. The summed E-state index contributed by atoms with van der Waals surface area (Å²) in [5, 5.41) is 0. The quantitative estimate of drug-likeness (QED) is 0.788. The van der Waals surface area contributed by atoms with Crippen LogP contribution < -0.4 is 5.73 Å². The predicted molar refractivity (Wildman–Crippen MR) is 83.7 cm³/mol. The SMILES string of the molecule is C[C@@H](N)P(=O)(OCc1ccccc1)OCc1ccccc1. The molecule has 2 rings (SSSR count). The van der Waals surface area contributed by atoms with Crippen LogP contribution >= 0.6 is 7.60 Å². The van der Waals surface area contributed by atoms with Crippen molar-refractivity contribution in [1.82, 2.24) is 0 Å². The summed E-state index contributed by atoms with van der Waals surface area (Å²) in [5.41, 5.74) is 7.65. The lowest BCUT2D eigenvalue weighted by molar-refractivity contribution is 0.185. The third-order valence-corrected chi connectivity index (χ3v) is 4.98. The van der Waals surface area contributed by atoms with E-state index in [-0.39, 0.29) is 13.2 Å². The summed E-state index contributed by atoms with van der Waals surface area (Å²) in [4.78, 5) is 0. The molecule has 0 aliphatic heterocycles. The number of hydrogen-bond acceptors (Lipinski definition) is 4. The van der Waals surface area contributed by atoms with Crippen molar-refractivity contribution in [2.24, 2.45) is 5.73 Å². The molecule has 0 aromatic heterocycles. The molecule has 0 unspecified atom stereocenters. The standard InChI is InChI=1S/C16H20NO3P/c1-14(17)21(18,19-12-15-8-4-2-5-9-15)20-13-16-10-6-3-7-11-16/h2-11,14H,12-13,17H2,1H3/t14-/m0/s1. The number of hydrogen-bond donors (Lipinski definition) is 1. The molecule has 0 saturated carbocycles. The Bertz CT molecular complexity index is 539. The van der Waals surface area contributed by atoms with Crippen LogP contribution in [-0.2, 0) is 26.8 Å². The van der Waals surface area contributed by atoms with Crippen molar-refractivity contribution in [2.75, 3.05) is 0 Å². The zero-order valence-electron chi connectivity index (χ0n) is 12.0. The highest BCUT2D eigenvalue weighted by atomic mass is 31.2. The Kier molecular flexibility index (Phi) is 5.71. The molecule has 2 N–H and O–H groups in total. The molecule has 4 nitrogen and oxygen atoms in total. The molecule has 1 atom stereocenters. The van der Waals surface area contributed by atoms with Crippen LogP contribution in [0.2, 0.25) is 0 Å². The molecule has 0 heterocycles. The van der Waals surface area contributed by atoms with E-state index in [4.69, 9.17) is 14.8 Å². The Labute approximate surface area is 125 Å². The van der Waals surface area contributed by atoms with Gasteiger partial charge in [-0.3, -0.25) is 4.57 Å². The summed E-state index contributed by atoms with van der Waals surface area (Å²) in [6, 6.07) is 19.1. The van der Waals surface area contributed by atoms with Crippen molar-refractivity contribution >= 4 is 7.60 Å². The zero-order chi connectivity index (χ0) is 15.1. The van der Waals surface area contributed by atoms with Crippen LogP contribution in [0.1, 0.15) is 18.1 Å². The Morgan fingerprint density at radius 3 is 1.62 bits per heavy atom. The van der Waals surface area contributed by atoms with E-state index in [9.17, 15) is 4.57 Å². The van der Waals surface area contributed by atoms with E-state index in [0.717, 1.165) is 11.1 Å². The van der Waals surface area contributed by atoms with Crippen molar-refractivity contribution in [3.8, 4) is 0 Å². The minimum absolute atomic E-state index is 0.217. The first-order valence-electron chi connectivity index (χ1n) is 6.82. The van der Waals surface area contributed by atoms with Gasteiger partial charge in [-0.2, -0.15) is 0 Å². The van der Waals surface area contributed by atoms with E-state index in [2.05, 4.69) is 0 Å². The van der Waals surface area contributed by atoms with Crippen LogP contribution in [0.15, 0.2) is 60.7 Å². The van der Waals surface area contributed by atoms with E-state index < -0.39 is 13.4 Å². The van der Waals surface area contributed by atoms with Crippen LogP contribution in [0.4, 0.5) is 0 Å². The molecule has 0 spiro atoms. The van der Waals surface area contributed by atoms with Gasteiger partial charge in [0.2, 0.25) is 0 Å². The lowest BCUT2D eigenvalue weighted by Crippen LogP contribution is -2.19. The Morgan fingerprint density at radius 2 is 1.29 bits per heavy atom. The third kappa shape index (κ3) is 4.80. The zero-order valence-corrected chi connectivity index (χ0v) is 12.9. The number of nitrogens with two attached hydrogens (primary N) is 1. The summed E-state index contributed by atoms with van der Waals surface area (Å²) in [6.07, 6.45) is 0. The molecule has 0 saturated heterocycles. The monoisotopic (exact) mass is 305 g/mol. The Morgan fingerprint density at radius 1 is 0.905 bits per heavy atom. The average Bonchev–Trinajstić information content (AvgIpc) is 2.53. The largest absolute Gasteiger partial charge is 0.347 e. The second-order valence-electron chi connectivity index (χ2n) is 4.80. The maximum atomic E-state index is 12.7. The maximum absolute atomic E-state index is 12.7. The normalized spacial score (nSPS) is 13.0. The van der Waals surface area contributed by atoms with Gasteiger partial charge >= 0.3 is 7.60 Å². The molecular weight excluding hydrogens is 285 g/mol. The highest BCUT2D eigenvalue weighted by Gasteiger charge is 2.30. The molecule has 0 radical (unpaired) electrons. The first-order valence-corrected chi connectivity index (χ1v) is 8.43. The van der Waals surface area contributed by atoms with E-state index in [1.54, 1.807) is 6.92 Å². The van der Waals surface area contributed by atoms with Gasteiger partial charge in [0.15, 0.2) is 0 Å².